The summed E-state index contributed by atoms with van der Waals surface area (Å²) in [6, 6.07) is 11.9. The first-order valence-corrected chi connectivity index (χ1v) is 5.32. The molecule has 2 aromatic heterocycles. The van der Waals surface area contributed by atoms with Gasteiger partial charge in [0, 0.05) is 28.7 Å². The molecule has 0 atom stereocenters. The van der Waals surface area contributed by atoms with Gasteiger partial charge in [-0.15, -0.1) is 10.2 Å². The zero-order valence-corrected chi connectivity index (χ0v) is 9.34. The molecule has 0 unspecified atom stereocenters. The summed E-state index contributed by atoms with van der Waals surface area (Å²) < 4.78 is 4.98. The highest BCUT2D eigenvalue weighted by molar-refractivity contribution is 5.84. The van der Waals surface area contributed by atoms with Crippen LogP contribution in [-0.2, 0) is 0 Å². The summed E-state index contributed by atoms with van der Waals surface area (Å²) in [5.74, 6) is 0.525. The Morgan fingerprint density at radius 3 is 2.76 bits per heavy atom. The van der Waals surface area contributed by atoms with Gasteiger partial charge in [0.15, 0.2) is 0 Å². The van der Waals surface area contributed by atoms with Crippen molar-refractivity contribution in [3.05, 3.63) is 42.6 Å². The molecule has 3 rings (SSSR count). The Kier molecular flexibility index (Phi) is 2.26. The Hall–Kier alpha value is -2.36. The van der Waals surface area contributed by atoms with Gasteiger partial charge in [-0.05, 0) is 24.3 Å². The van der Waals surface area contributed by atoms with E-state index in [1.54, 1.807) is 7.11 Å². The van der Waals surface area contributed by atoms with Crippen LogP contribution in [0.5, 0.6) is 5.88 Å². The summed E-state index contributed by atoms with van der Waals surface area (Å²) in [5, 5.41) is 9.25. The largest absolute Gasteiger partial charge is 0.480 e. The van der Waals surface area contributed by atoms with Crippen LogP contribution in [0.3, 0.4) is 0 Å². The van der Waals surface area contributed by atoms with Gasteiger partial charge in [-0.2, -0.15) is 0 Å². The molecule has 0 saturated carbocycles. The molecule has 4 heteroatoms. The molecule has 1 N–H and O–H groups in total. The van der Waals surface area contributed by atoms with E-state index in [4.69, 9.17) is 4.74 Å². The minimum atomic E-state index is 0.525. The number of hydrogen-bond donors (Lipinski definition) is 1. The minimum absolute atomic E-state index is 0.525. The third-order valence-electron chi connectivity index (χ3n) is 2.70. The smallest absolute Gasteiger partial charge is 0.233 e. The average molecular weight is 225 g/mol. The van der Waals surface area contributed by atoms with Crippen LogP contribution in [0, 0.1) is 0 Å². The van der Waals surface area contributed by atoms with Crippen molar-refractivity contribution in [2.45, 2.75) is 0 Å². The molecule has 0 aliphatic rings. The predicted molar refractivity (Wildman–Crippen MR) is 65.9 cm³/mol. The van der Waals surface area contributed by atoms with E-state index < -0.39 is 0 Å². The molecule has 4 nitrogen and oxygen atoms in total. The molecule has 84 valence electrons. The fourth-order valence-electron chi connectivity index (χ4n) is 1.80. The second-order valence-electron chi connectivity index (χ2n) is 3.74. The molecule has 0 saturated heterocycles. The van der Waals surface area contributed by atoms with Gasteiger partial charge >= 0.3 is 0 Å². The fraction of sp³-hybridized carbons (Fsp3) is 0.0769. The Balaban J connectivity index is 2.06. The van der Waals surface area contributed by atoms with Gasteiger partial charge in [-0.1, -0.05) is 6.07 Å². The summed E-state index contributed by atoms with van der Waals surface area (Å²) in [6.07, 6.45) is 1.92. The normalized spacial score (nSPS) is 10.6. The minimum Gasteiger partial charge on any atom is -0.480 e. The molecular weight excluding hydrogens is 214 g/mol. The highest BCUT2D eigenvalue weighted by Gasteiger charge is 2.02. The number of methoxy groups -OCH3 is 1. The third-order valence-corrected chi connectivity index (χ3v) is 2.70. The van der Waals surface area contributed by atoms with Crippen LogP contribution in [0.4, 0.5) is 0 Å². The van der Waals surface area contributed by atoms with Crippen molar-refractivity contribution < 1.29 is 4.74 Å². The summed E-state index contributed by atoms with van der Waals surface area (Å²) in [6.45, 7) is 0. The van der Waals surface area contributed by atoms with Crippen molar-refractivity contribution in [2.75, 3.05) is 7.11 Å². The molecule has 2 heterocycles. The number of nitrogens with zero attached hydrogens (tertiary/aromatic N) is 2. The molecular formula is C13H11N3O. The van der Waals surface area contributed by atoms with Gasteiger partial charge in [0.25, 0.3) is 0 Å². The van der Waals surface area contributed by atoms with Crippen molar-refractivity contribution in [2.24, 2.45) is 0 Å². The number of rotatable bonds is 2. The van der Waals surface area contributed by atoms with Crippen LogP contribution in [0.25, 0.3) is 22.2 Å². The molecule has 0 aliphatic carbocycles. The van der Waals surface area contributed by atoms with E-state index in [0.717, 1.165) is 16.8 Å². The lowest BCUT2D eigenvalue weighted by Gasteiger charge is -2.01. The van der Waals surface area contributed by atoms with Gasteiger partial charge in [-0.25, -0.2) is 0 Å². The Bertz CT molecular complexity index is 643. The molecule has 1 aromatic carbocycles. The number of H-pyrrole nitrogens is 1. The van der Waals surface area contributed by atoms with Crippen LogP contribution < -0.4 is 4.74 Å². The molecule has 0 fully saturated rings. The van der Waals surface area contributed by atoms with Crippen LogP contribution in [-0.4, -0.2) is 22.3 Å². The lowest BCUT2D eigenvalue weighted by molar-refractivity contribution is 0.392. The van der Waals surface area contributed by atoms with E-state index in [1.807, 2.05) is 36.5 Å². The van der Waals surface area contributed by atoms with E-state index in [-0.39, 0.29) is 0 Å². The first kappa shape index (κ1) is 9.84. The number of ether oxygens (including phenoxy) is 1. The summed E-state index contributed by atoms with van der Waals surface area (Å²) in [7, 11) is 1.58. The zero-order chi connectivity index (χ0) is 11.7. The first-order valence-electron chi connectivity index (χ1n) is 5.32. The van der Waals surface area contributed by atoms with Gasteiger partial charge in [0.1, 0.15) is 0 Å². The summed E-state index contributed by atoms with van der Waals surface area (Å²) >= 11 is 0. The van der Waals surface area contributed by atoms with Crippen molar-refractivity contribution in [1.82, 2.24) is 15.2 Å². The quantitative estimate of drug-likeness (QED) is 0.729. The predicted octanol–water partition coefficient (Wildman–Crippen LogP) is 2.63. The maximum absolute atomic E-state index is 4.98. The van der Waals surface area contributed by atoms with Gasteiger partial charge in [0.2, 0.25) is 5.88 Å². The lowest BCUT2D eigenvalue weighted by atomic mass is 10.1. The van der Waals surface area contributed by atoms with E-state index in [1.165, 1.54) is 5.39 Å². The van der Waals surface area contributed by atoms with Crippen molar-refractivity contribution in [3.63, 3.8) is 0 Å². The second kappa shape index (κ2) is 3.90. The summed E-state index contributed by atoms with van der Waals surface area (Å²) in [4.78, 5) is 3.16. The zero-order valence-electron chi connectivity index (χ0n) is 9.34. The monoisotopic (exact) mass is 225 g/mol. The molecule has 0 bridgehead atoms. The van der Waals surface area contributed by atoms with Gasteiger partial charge < -0.3 is 9.72 Å². The average Bonchev–Trinajstić information content (AvgIpc) is 2.86. The highest BCUT2D eigenvalue weighted by Crippen LogP contribution is 2.22. The maximum Gasteiger partial charge on any atom is 0.233 e. The molecule has 0 radical (unpaired) electrons. The van der Waals surface area contributed by atoms with E-state index in [9.17, 15) is 0 Å². The number of benzene rings is 1. The number of aromatic amines is 1. The van der Waals surface area contributed by atoms with Crippen molar-refractivity contribution in [1.29, 1.82) is 0 Å². The molecule has 0 amide bonds. The molecule has 17 heavy (non-hydrogen) atoms. The topological polar surface area (TPSA) is 50.8 Å². The Labute approximate surface area is 98.3 Å². The van der Waals surface area contributed by atoms with Crippen molar-refractivity contribution >= 4 is 10.9 Å². The van der Waals surface area contributed by atoms with Gasteiger partial charge in [-0.3, -0.25) is 0 Å². The lowest BCUT2D eigenvalue weighted by Crippen LogP contribution is -1.91. The number of nitrogens with one attached hydrogen (secondary N) is 1. The standard InChI is InChI=1S/C13H11N3O/c1-17-13-5-4-12(15-16-13)9-2-3-11-10(8-9)6-7-14-11/h2-8,14H,1H3. The van der Waals surface area contributed by atoms with E-state index >= 15 is 0 Å². The van der Waals surface area contributed by atoms with E-state index in [0.29, 0.717) is 5.88 Å². The molecule has 3 aromatic rings. The maximum atomic E-state index is 4.98. The SMILES string of the molecule is COc1ccc(-c2ccc3[nH]ccc3c2)nn1. The first-order chi connectivity index (χ1) is 8.36. The second-order valence-corrected chi connectivity index (χ2v) is 3.74. The summed E-state index contributed by atoms with van der Waals surface area (Å²) in [5.41, 5.74) is 3.01. The Morgan fingerprint density at radius 2 is 2.00 bits per heavy atom. The number of hydrogen-bond acceptors (Lipinski definition) is 3. The van der Waals surface area contributed by atoms with Crippen LogP contribution >= 0.6 is 0 Å². The van der Waals surface area contributed by atoms with Crippen LogP contribution in [0.15, 0.2) is 42.6 Å². The van der Waals surface area contributed by atoms with Crippen molar-refractivity contribution in [3.8, 4) is 17.1 Å². The highest BCUT2D eigenvalue weighted by atomic mass is 16.5. The van der Waals surface area contributed by atoms with Gasteiger partial charge in [0.05, 0.1) is 12.8 Å². The molecule has 0 spiro atoms. The van der Waals surface area contributed by atoms with Crippen LogP contribution in [0.2, 0.25) is 0 Å². The molecule has 0 aliphatic heterocycles. The number of fused-ring (bicyclic) bond motifs is 1. The fourth-order valence-corrected chi connectivity index (χ4v) is 1.80. The van der Waals surface area contributed by atoms with Crippen LogP contribution in [0.1, 0.15) is 0 Å². The Morgan fingerprint density at radius 1 is 1.06 bits per heavy atom. The van der Waals surface area contributed by atoms with E-state index in [2.05, 4.69) is 21.2 Å². The third kappa shape index (κ3) is 1.73. The number of aromatic nitrogens is 3.